The van der Waals surface area contributed by atoms with Gasteiger partial charge in [-0.1, -0.05) is 0 Å². The summed E-state index contributed by atoms with van der Waals surface area (Å²) in [6, 6.07) is -0.0262. The zero-order valence-corrected chi connectivity index (χ0v) is 10.7. The summed E-state index contributed by atoms with van der Waals surface area (Å²) in [5.74, 6) is -0.0653. The van der Waals surface area contributed by atoms with Crippen LogP contribution in [0.1, 0.15) is 41.0 Å². The van der Waals surface area contributed by atoms with E-state index in [0.717, 1.165) is 0 Å². The van der Waals surface area contributed by atoms with E-state index in [1.807, 2.05) is 27.7 Å². The molecule has 1 atom stereocenters. The molecule has 0 aromatic heterocycles. The van der Waals surface area contributed by atoms with Gasteiger partial charge in [0.1, 0.15) is 5.60 Å². The van der Waals surface area contributed by atoms with Gasteiger partial charge in [0, 0.05) is 19.5 Å². The molecule has 0 fully saturated rings. The molecule has 94 valence electrons. The Hall–Kier alpha value is -1.26. The van der Waals surface area contributed by atoms with Crippen LogP contribution in [0.25, 0.3) is 0 Å². The molecule has 16 heavy (non-hydrogen) atoms. The van der Waals surface area contributed by atoms with E-state index in [1.54, 1.807) is 0 Å². The highest BCUT2D eigenvalue weighted by atomic mass is 16.6. The van der Waals surface area contributed by atoms with Crippen LogP contribution in [0.4, 0.5) is 4.79 Å². The van der Waals surface area contributed by atoms with Crippen molar-refractivity contribution >= 4 is 12.0 Å². The van der Waals surface area contributed by atoms with Gasteiger partial charge in [-0.3, -0.25) is 4.79 Å². The number of ether oxygens (including phenoxy) is 1. The van der Waals surface area contributed by atoms with Crippen molar-refractivity contribution in [2.45, 2.75) is 52.7 Å². The lowest BCUT2D eigenvalue weighted by molar-refractivity contribution is -0.118. The maximum atomic E-state index is 11.3. The molecule has 0 saturated carbocycles. The van der Waals surface area contributed by atoms with Crippen molar-refractivity contribution in [1.29, 1.82) is 0 Å². The van der Waals surface area contributed by atoms with Crippen molar-refractivity contribution in [1.82, 2.24) is 10.6 Å². The number of rotatable bonds is 4. The predicted molar refractivity (Wildman–Crippen MR) is 62.1 cm³/mol. The molecule has 2 N–H and O–H groups in total. The Morgan fingerprint density at radius 1 is 1.31 bits per heavy atom. The molecule has 0 aliphatic rings. The molecule has 5 nitrogen and oxygen atoms in total. The third-order valence-electron chi connectivity index (χ3n) is 1.71. The van der Waals surface area contributed by atoms with Gasteiger partial charge in [-0.15, -0.1) is 0 Å². The van der Waals surface area contributed by atoms with Gasteiger partial charge in [-0.2, -0.15) is 0 Å². The van der Waals surface area contributed by atoms with E-state index in [9.17, 15) is 9.59 Å². The molecular weight excluding hydrogens is 208 g/mol. The first-order chi connectivity index (χ1) is 7.20. The van der Waals surface area contributed by atoms with E-state index in [2.05, 4.69) is 10.6 Å². The van der Waals surface area contributed by atoms with Gasteiger partial charge in [0.2, 0.25) is 5.91 Å². The minimum Gasteiger partial charge on any atom is -0.444 e. The second-order valence-corrected chi connectivity index (χ2v) is 4.82. The number of nitrogens with one attached hydrogen (secondary N) is 2. The summed E-state index contributed by atoms with van der Waals surface area (Å²) < 4.78 is 5.10. The molecule has 0 saturated heterocycles. The van der Waals surface area contributed by atoms with Crippen LogP contribution < -0.4 is 10.6 Å². The van der Waals surface area contributed by atoms with Crippen molar-refractivity contribution in [3.05, 3.63) is 0 Å². The zero-order valence-electron chi connectivity index (χ0n) is 10.7. The van der Waals surface area contributed by atoms with Gasteiger partial charge >= 0.3 is 6.09 Å². The highest BCUT2D eigenvalue weighted by Crippen LogP contribution is 2.06. The maximum Gasteiger partial charge on any atom is 0.407 e. The quantitative estimate of drug-likeness (QED) is 0.767. The van der Waals surface area contributed by atoms with Gasteiger partial charge < -0.3 is 15.4 Å². The fraction of sp³-hybridized carbons (Fsp3) is 0.818. The molecule has 0 unspecified atom stereocenters. The van der Waals surface area contributed by atoms with Gasteiger partial charge in [0.05, 0.1) is 0 Å². The van der Waals surface area contributed by atoms with Crippen LogP contribution in [0.15, 0.2) is 0 Å². The minimum atomic E-state index is -0.485. The van der Waals surface area contributed by atoms with Crippen LogP contribution in [0, 0.1) is 0 Å². The number of amides is 2. The summed E-state index contributed by atoms with van der Waals surface area (Å²) in [7, 11) is 0. The Morgan fingerprint density at radius 2 is 1.88 bits per heavy atom. The zero-order chi connectivity index (χ0) is 12.8. The van der Waals surface area contributed by atoms with Crippen molar-refractivity contribution in [2.75, 3.05) is 6.54 Å². The van der Waals surface area contributed by atoms with Crippen molar-refractivity contribution in [3.63, 3.8) is 0 Å². The number of hydrogen-bond acceptors (Lipinski definition) is 3. The summed E-state index contributed by atoms with van der Waals surface area (Å²) in [5, 5.41) is 5.36. The second kappa shape index (κ2) is 6.35. The Bertz CT molecular complexity index is 246. The molecule has 0 bridgehead atoms. The van der Waals surface area contributed by atoms with E-state index in [1.165, 1.54) is 6.92 Å². The Kier molecular flexibility index (Phi) is 5.85. The summed E-state index contributed by atoms with van der Waals surface area (Å²) in [5.41, 5.74) is -0.485. The third kappa shape index (κ3) is 9.30. The fourth-order valence-corrected chi connectivity index (χ4v) is 1.05. The standard InChI is InChI=1S/C11H22N2O3/c1-8(6-7-12-9(2)14)13-10(15)16-11(3,4)5/h8H,6-7H2,1-5H3,(H,12,14)(H,13,15)/t8-/m1/s1. The molecular formula is C11H22N2O3. The Balaban J connectivity index is 3.74. The smallest absolute Gasteiger partial charge is 0.407 e. The average molecular weight is 230 g/mol. The van der Waals surface area contributed by atoms with E-state index >= 15 is 0 Å². The molecule has 0 aliphatic carbocycles. The summed E-state index contributed by atoms with van der Waals surface area (Å²) in [6.45, 7) is 9.32. The number of hydrogen-bond donors (Lipinski definition) is 2. The van der Waals surface area contributed by atoms with Crippen molar-refractivity contribution < 1.29 is 14.3 Å². The average Bonchev–Trinajstić information content (AvgIpc) is 1.98. The molecule has 0 aromatic rings. The van der Waals surface area contributed by atoms with Crippen molar-refractivity contribution in [3.8, 4) is 0 Å². The SMILES string of the molecule is CC(=O)NCC[C@@H](C)NC(=O)OC(C)(C)C. The fourth-order valence-electron chi connectivity index (χ4n) is 1.05. The van der Waals surface area contributed by atoms with Crippen LogP contribution in [0.3, 0.4) is 0 Å². The number of carbonyl (C=O) groups is 2. The first-order valence-corrected chi connectivity index (χ1v) is 5.44. The first kappa shape index (κ1) is 14.7. The summed E-state index contributed by atoms with van der Waals surface area (Å²) in [4.78, 5) is 22.0. The van der Waals surface area contributed by atoms with E-state index in [0.29, 0.717) is 13.0 Å². The predicted octanol–water partition coefficient (Wildman–Crippen LogP) is 1.43. The monoisotopic (exact) mass is 230 g/mol. The Labute approximate surface area is 96.9 Å². The van der Waals surface area contributed by atoms with E-state index in [-0.39, 0.29) is 11.9 Å². The summed E-state index contributed by atoms with van der Waals surface area (Å²) >= 11 is 0. The molecule has 2 amide bonds. The molecule has 0 radical (unpaired) electrons. The number of carbonyl (C=O) groups excluding carboxylic acids is 2. The second-order valence-electron chi connectivity index (χ2n) is 4.82. The van der Waals surface area contributed by atoms with Crippen molar-refractivity contribution in [2.24, 2.45) is 0 Å². The molecule has 0 aromatic carbocycles. The van der Waals surface area contributed by atoms with Gasteiger partial charge in [0.15, 0.2) is 0 Å². The molecule has 0 aliphatic heterocycles. The van der Waals surface area contributed by atoms with E-state index in [4.69, 9.17) is 4.74 Å². The number of alkyl carbamates (subject to hydrolysis) is 1. The van der Waals surface area contributed by atoms with Crippen LogP contribution in [-0.2, 0) is 9.53 Å². The third-order valence-corrected chi connectivity index (χ3v) is 1.71. The van der Waals surface area contributed by atoms with Crippen LogP contribution >= 0.6 is 0 Å². The van der Waals surface area contributed by atoms with Crippen LogP contribution in [-0.4, -0.2) is 30.2 Å². The lowest BCUT2D eigenvalue weighted by Gasteiger charge is -2.21. The molecule has 0 spiro atoms. The summed E-state index contributed by atoms with van der Waals surface area (Å²) in [6.07, 6.45) is 0.251. The Morgan fingerprint density at radius 3 is 2.31 bits per heavy atom. The lowest BCUT2D eigenvalue weighted by atomic mass is 10.2. The molecule has 0 rings (SSSR count). The normalized spacial score (nSPS) is 12.8. The molecule has 5 heteroatoms. The van der Waals surface area contributed by atoms with Crippen LogP contribution in [0.5, 0.6) is 0 Å². The lowest BCUT2D eigenvalue weighted by Crippen LogP contribution is -2.39. The van der Waals surface area contributed by atoms with Gasteiger partial charge in [-0.05, 0) is 34.1 Å². The maximum absolute atomic E-state index is 11.3. The highest BCUT2D eigenvalue weighted by molar-refractivity contribution is 5.72. The van der Waals surface area contributed by atoms with Gasteiger partial charge in [0.25, 0.3) is 0 Å². The topological polar surface area (TPSA) is 67.4 Å². The largest absolute Gasteiger partial charge is 0.444 e. The highest BCUT2D eigenvalue weighted by Gasteiger charge is 2.17. The van der Waals surface area contributed by atoms with E-state index < -0.39 is 11.7 Å². The minimum absolute atomic E-state index is 0.0262. The molecule has 0 heterocycles. The van der Waals surface area contributed by atoms with Gasteiger partial charge in [-0.25, -0.2) is 4.79 Å². The van der Waals surface area contributed by atoms with Crippen LogP contribution in [0.2, 0.25) is 0 Å². The first-order valence-electron chi connectivity index (χ1n) is 5.44.